The van der Waals surface area contributed by atoms with Crippen molar-refractivity contribution < 1.29 is 0 Å². The van der Waals surface area contributed by atoms with Gasteiger partial charge in [-0.3, -0.25) is 0 Å². The van der Waals surface area contributed by atoms with Crippen LogP contribution < -0.4 is 0 Å². The third kappa shape index (κ3) is 9.13. The van der Waals surface area contributed by atoms with Crippen molar-refractivity contribution in [3.63, 3.8) is 0 Å². The molecule has 4 heavy (non-hydrogen) atoms. The van der Waals surface area contributed by atoms with Crippen molar-refractivity contribution in [2.45, 2.75) is 0 Å². The molecule has 0 aromatic rings. The van der Waals surface area contributed by atoms with Crippen LogP contribution in [-0.4, -0.2) is 96.0 Å². The number of hydrogen-bond donors (Lipinski definition) is 0. The summed E-state index contributed by atoms with van der Waals surface area (Å²) in [5.41, 5.74) is 0. The summed E-state index contributed by atoms with van der Waals surface area (Å²) in [5, 5.41) is 0. The van der Waals surface area contributed by atoms with Gasteiger partial charge >= 0.3 is 96.0 Å². The molecule has 0 rings (SSSR count). The van der Waals surface area contributed by atoms with Gasteiger partial charge in [0.2, 0.25) is 0 Å². The van der Waals surface area contributed by atoms with Crippen molar-refractivity contribution in [2.24, 2.45) is 0 Å². The summed E-state index contributed by atoms with van der Waals surface area (Å²) in [6.45, 7) is 0. The standard InChI is InChI=1S/2Na.Te2.2H/c;;1-2;;. The molecule has 2 radical (unpaired) electrons. The average molecular weight is 303 g/mol. The first kappa shape index (κ1) is 15.6. The SMILES string of the molecule is [NaH].[NaH].[Te][Te]. The Bertz CT molecular complexity index is 4.00. The molecule has 0 unspecified atom stereocenters. The molecule has 0 aromatic carbocycles. The molecule has 0 spiro atoms. The fraction of sp³-hybridized carbons (Fsp3) is 0. The zero-order chi connectivity index (χ0) is 2.00. The second-order valence-corrected chi connectivity index (χ2v) is 0. The Morgan fingerprint density at radius 1 is 0.750 bits per heavy atom. The Morgan fingerprint density at radius 3 is 0.750 bits per heavy atom. The summed E-state index contributed by atoms with van der Waals surface area (Å²) in [5.74, 6) is 0. The number of rotatable bonds is 0. The van der Waals surface area contributed by atoms with Gasteiger partial charge < -0.3 is 0 Å². The van der Waals surface area contributed by atoms with E-state index in [4.69, 9.17) is 0 Å². The zero-order valence-corrected chi connectivity index (χ0v) is 5.48. The molecule has 0 heterocycles. The number of hydrogen-bond acceptors (Lipinski definition) is 0. The van der Waals surface area contributed by atoms with Gasteiger partial charge in [-0.2, -0.15) is 0 Å². The topological polar surface area (TPSA) is 0 Å². The maximum atomic E-state index is 1.96. The van der Waals surface area contributed by atoms with Crippen molar-refractivity contribution in [2.75, 3.05) is 0 Å². The normalized spacial score (nSPS) is 1.50. The Hall–Kier alpha value is 3.58. The predicted molar refractivity (Wildman–Crippen MR) is 25.8 cm³/mol. The van der Waals surface area contributed by atoms with Crippen LogP contribution in [0.3, 0.4) is 0 Å². The minimum atomic E-state index is 0. The quantitative estimate of drug-likeness (QED) is 0.452. The summed E-state index contributed by atoms with van der Waals surface area (Å²) in [4.78, 5) is 0. The van der Waals surface area contributed by atoms with E-state index in [9.17, 15) is 0 Å². The minimum absolute atomic E-state index is 0. The van der Waals surface area contributed by atoms with E-state index in [0.29, 0.717) is 0 Å². The van der Waals surface area contributed by atoms with E-state index < -0.39 is 0 Å². The van der Waals surface area contributed by atoms with Crippen LogP contribution in [-0.2, 0) is 0 Å². The van der Waals surface area contributed by atoms with Gasteiger partial charge in [0.05, 0.1) is 0 Å². The molecule has 0 aliphatic heterocycles. The summed E-state index contributed by atoms with van der Waals surface area (Å²) in [6.07, 6.45) is 0. The van der Waals surface area contributed by atoms with Gasteiger partial charge in [-0.1, -0.05) is 0 Å². The van der Waals surface area contributed by atoms with Crippen LogP contribution in [0.15, 0.2) is 0 Å². The Balaban J connectivity index is -0.00000000500. The van der Waals surface area contributed by atoms with Gasteiger partial charge in [0.25, 0.3) is 0 Å². The molecule has 0 aliphatic rings. The van der Waals surface area contributed by atoms with E-state index >= 15 is 0 Å². The second kappa shape index (κ2) is 16.0. The van der Waals surface area contributed by atoms with Crippen LogP contribution >= 0.6 is 0 Å². The first-order valence-corrected chi connectivity index (χ1v) is 7.50. The van der Waals surface area contributed by atoms with Crippen LogP contribution in [0, 0.1) is 0 Å². The van der Waals surface area contributed by atoms with Gasteiger partial charge in [-0.15, -0.1) is 0 Å². The van der Waals surface area contributed by atoms with E-state index in [-0.39, 0.29) is 59.1 Å². The van der Waals surface area contributed by atoms with Gasteiger partial charge in [-0.25, -0.2) is 0 Å². The molecule has 0 aliphatic carbocycles. The predicted octanol–water partition coefficient (Wildman–Crippen LogP) is -2.06. The molecule has 0 nitrogen and oxygen atoms in total. The van der Waals surface area contributed by atoms with E-state index in [2.05, 4.69) is 0 Å². The van der Waals surface area contributed by atoms with Crippen LogP contribution in [0.5, 0.6) is 0 Å². The monoisotopic (exact) mass is 308 g/mol. The second-order valence-electron chi connectivity index (χ2n) is 0. The average Bonchev–Trinajstić information content (AvgIpc) is 1.00. The fourth-order valence-corrected chi connectivity index (χ4v) is 0. The molecular weight excluding hydrogens is 301 g/mol. The van der Waals surface area contributed by atoms with E-state index in [1.54, 1.807) is 0 Å². The van der Waals surface area contributed by atoms with Crippen LogP contribution in [0.4, 0.5) is 0 Å². The van der Waals surface area contributed by atoms with Crippen molar-refractivity contribution in [3.05, 3.63) is 0 Å². The van der Waals surface area contributed by atoms with Crippen molar-refractivity contribution in [1.29, 1.82) is 0 Å². The Morgan fingerprint density at radius 2 is 0.750 bits per heavy atom. The molecule has 0 amide bonds. The van der Waals surface area contributed by atoms with E-state index in [1.807, 2.05) is 36.9 Å². The van der Waals surface area contributed by atoms with Crippen LogP contribution in [0.1, 0.15) is 0 Å². The fourth-order valence-electron chi connectivity index (χ4n) is 0. The Labute approximate surface area is 93.4 Å². The molecule has 0 saturated carbocycles. The molecule has 4 heteroatoms. The maximum absolute atomic E-state index is 1.96. The van der Waals surface area contributed by atoms with Crippen molar-refractivity contribution in [1.82, 2.24) is 0 Å². The van der Waals surface area contributed by atoms with Crippen LogP contribution in [0.2, 0.25) is 0 Å². The third-order valence-corrected chi connectivity index (χ3v) is 0. The molecule has 0 N–H and O–H groups in total. The molecule has 0 atom stereocenters. The van der Waals surface area contributed by atoms with Gasteiger partial charge in [0.15, 0.2) is 0 Å². The molecule has 16 valence electrons. The van der Waals surface area contributed by atoms with Gasteiger partial charge in [0.1, 0.15) is 0 Å². The van der Waals surface area contributed by atoms with Gasteiger partial charge in [-0.05, 0) is 0 Å². The molecule has 0 fully saturated rings. The summed E-state index contributed by atoms with van der Waals surface area (Å²) in [7, 11) is 0. The summed E-state index contributed by atoms with van der Waals surface area (Å²) >= 11 is 3.92. The molecule has 0 bridgehead atoms. The molecular formula is H2Na2Te2. The van der Waals surface area contributed by atoms with E-state index in [1.165, 1.54) is 0 Å². The van der Waals surface area contributed by atoms with Crippen molar-refractivity contribution >= 4 is 96.0 Å². The van der Waals surface area contributed by atoms with E-state index in [0.717, 1.165) is 0 Å². The molecule has 0 saturated heterocycles. The third-order valence-electron chi connectivity index (χ3n) is 0. The van der Waals surface area contributed by atoms with Crippen molar-refractivity contribution in [3.8, 4) is 0 Å². The first-order valence-electron chi connectivity index (χ1n) is 0.167. The first-order chi connectivity index (χ1) is 1.00. The molecule has 0 aromatic heterocycles. The van der Waals surface area contributed by atoms with Gasteiger partial charge in [0, 0.05) is 0 Å². The summed E-state index contributed by atoms with van der Waals surface area (Å²) in [6, 6.07) is 0. The van der Waals surface area contributed by atoms with Crippen LogP contribution in [0.25, 0.3) is 0 Å². The summed E-state index contributed by atoms with van der Waals surface area (Å²) < 4.78 is 0. The Kier molecular flexibility index (Phi) is 62.5. The zero-order valence-electron chi connectivity index (χ0n) is 0.816.